The van der Waals surface area contributed by atoms with Gasteiger partial charge in [0.05, 0.1) is 13.6 Å². The van der Waals surface area contributed by atoms with Crippen molar-refractivity contribution in [3.63, 3.8) is 0 Å². The van der Waals surface area contributed by atoms with Crippen LogP contribution in [0.5, 0.6) is 0 Å². The first-order valence-electron chi connectivity index (χ1n) is 3.84. The lowest BCUT2D eigenvalue weighted by molar-refractivity contribution is -0.696. The Kier molecular flexibility index (Phi) is 5.54. The highest BCUT2D eigenvalue weighted by Gasteiger charge is 1.96. The van der Waals surface area contributed by atoms with Crippen LogP contribution in [-0.2, 0) is 13.6 Å². The van der Waals surface area contributed by atoms with Crippen molar-refractivity contribution in [2.75, 3.05) is 0 Å². The summed E-state index contributed by atoms with van der Waals surface area (Å²) >= 11 is 0. The van der Waals surface area contributed by atoms with Crippen molar-refractivity contribution in [3.8, 4) is 0 Å². The van der Waals surface area contributed by atoms with E-state index in [1.165, 1.54) is 12.8 Å². The Hall–Kier alpha value is -0.0600. The molecule has 0 amide bonds. The van der Waals surface area contributed by atoms with E-state index < -0.39 is 0 Å². The highest BCUT2D eigenvalue weighted by molar-refractivity contribution is 4.61. The predicted octanol–water partition coefficient (Wildman–Crippen LogP) is -1.88. The minimum absolute atomic E-state index is 0. The number of nitrogens with zero attached hydrogens (tertiary/aromatic N) is 2. The summed E-state index contributed by atoms with van der Waals surface area (Å²) in [5.41, 5.74) is 0. The van der Waals surface area contributed by atoms with Gasteiger partial charge in [-0.05, 0) is 6.42 Å². The molecular weight excluding hydrogens is 251 g/mol. The summed E-state index contributed by atoms with van der Waals surface area (Å²) in [7, 11) is 2.04. The van der Waals surface area contributed by atoms with E-state index in [4.69, 9.17) is 0 Å². The number of unbranched alkanes of at least 4 members (excludes halogenated alkanes) is 1. The molecule has 0 bridgehead atoms. The molecule has 0 atom stereocenters. The summed E-state index contributed by atoms with van der Waals surface area (Å²) in [6.45, 7) is 3.36. The van der Waals surface area contributed by atoms with Gasteiger partial charge in [0, 0.05) is 0 Å². The third-order valence-electron chi connectivity index (χ3n) is 1.59. The lowest BCUT2D eigenvalue weighted by Crippen LogP contribution is -3.00. The van der Waals surface area contributed by atoms with Gasteiger partial charge in [-0.2, -0.15) is 0 Å². The zero-order chi connectivity index (χ0) is 7.40. The van der Waals surface area contributed by atoms with Crippen molar-refractivity contribution in [2.45, 2.75) is 26.3 Å². The monoisotopic (exact) mass is 266 g/mol. The molecule has 0 aliphatic carbocycles. The minimum atomic E-state index is 0. The maximum Gasteiger partial charge on any atom is 1.00 e. The Morgan fingerprint density at radius 2 is 2.18 bits per heavy atom. The van der Waals surface area contributed by atoms with Gasteiger partial charge in [-0.3, -0.25) is 0 Å². The van der Waals surface area contributed by atoms with Gasteiger partial charge in [-0.1, -0.05) is 13.3 Å². The summed E-state index contributed by atoms with van der Waals surface area (Å²) in [6.07, 6.45) is 8.82. The van der Waals surface area contributed by atoms with Crippen LogP contribution in [0.25, 0.3) is 0 Å². The zero-order valence-corrected chi connectivity index (χ0v) is 9.28. The van der Waals surface area contributed by atoms with Gasteiger partial charge in [0.1, 0.15) is 12.4 Å². The molecule has 0 unspecified atom stereocenters. The Morgan fingerprint density at radius 3 is 2.64 bits per heavy atom. The third kappa shape index (κ3) is 3.74. The molecule has 0 spiro atoms. The maximum atomic E-state index is 2.21. The fraction of sp³-hybridized carbons (Fsp3) is 0.625. The van der Waals surface area contributed by atoms with Crippen LogP contribution in [-0.4, -0.2) is 4.57 Å². The van der Waals surface area contributed by atoms with Crippen LogP contribution in [0.15, 0.2) is 18.7 Å². The molecule has 0 aliphatic heterocycles. The number of aromatic nitrogens is 2. The van der Waals surface area contributed by atoms with Crippen molar-refractivity contribution in [2.24, 2.45) is 7.05 Å². The molecule has 2 nitrogen and oxygen atoms in total. The first-order valence-corrected chi connectivity index (χ1v) is 3.84. The average Bonchev–Trinajstić information content (AvgIpc) is 2.31. The molecule has 0 saturated heterocycles. The number of imidazole rings is 1. The van der Waals surface area contributed by atoms with E-state index in [-0.39, 0.29) is 24.0 Å². The number of halogens is 1. The third-order valence-corrected chi connectivity index (χ3v) is 1.59. The second-order valence-corrected chi connectivity index (χ2v) is 2.67. The summed E-state index contributed by atoms with van der Waals surface area (Å²) < 4.78 is 4.28. The standard InChI is InChI=1S/C8H15N2.I/c1-3-4-5-10-7-6-9(2)8-10;/h6-8H,3-5H2,1-2H3;/q2*+1. The number of rotatable bonds is 3. The first-order chi connectivity index (χ1) is 4.83. The average molecular weight is 266 g/mol. The molecule has 3 heteroatoms. The first kappa shape index (κ1) is 10.9. The quantitative estimate of drug-likeness (QED) is 0.447. The molecule has 0 saturated carbocycles. The minimum Gasteiger partial charge on any atom is -0.240 e. The Balaban J connectivity index is 0.000001000. The highest BCUT2D eigenvalue weighted by atomic mass is 127. The second kappa shape index (κ2) is 5.57. The maximum absolute atomic E-state index is 2.21. The van der Waals surface area contributed by atoms with E-state index in [0.717, 1.165) is 6.54 Å². The van der Waals surface area contributed by atoms with Gasteiger partial charge >= 0.3 is 24.0 Å². The summed E-state index contributed by atoms with van der Waals surface area (Å²) in [6, 6.07) is 0. The lowest BCUT2D eigenvalue weighted by Gasteiger charge is -1.90. The van der Waals surface area contributed by atoms with Crippen LogP contribution >= 0.6 is 0 Å². The zero-order valence-electron chi connectivity index (χ0n) is 7.13. The van der Waals surface area contributed by atoms with Crippen LogP contribution in [0.1, 0.15) is 19.8 Å². The van der Waals surface area contributed by atoms with Gasteiger partial charge in [0.15, 0.2) is 0 Å². The Bertz CT molecular complexity index is 196. The van der Waals surface area contributed by atoms with E-state index >= 15 is 0 Å². The largest absolute Gasteiger partial charge is 1.00 e. The van der Waals surface area contributed by atoms with Gasteiger partial charge in [0.2, 0.25) is 6.33 Å². The van der Waals surface area contributed by atoms with Crippen molar-refractivity contribution >= 4 is 0 Å². The summed E-state index contributed by atoms with van der Waals surface area (Å²) in [4.78, 5) is 0. The van der Waals surface area contributed by atoms with Crippen LogP contribution in [0.3, 0.4) is 0 Å². The van der Waals surface area contributed by atoms with E-state index in [1.54, 1.807) is 0 Å². The molecule has 1 rings (SSSR count). The summed E-state index contributed by atoms with van der Waals surface area (Å²) in [5.74, 6) is 0. The molecular formula is C8H15IN2+2. The normalized spacial score (nSPS) is 9.27. The Morgan fingerprint density at radius 1 is 1.45 bits per heavy atom. The lowest BCUT2D eigenvalue weighted by atomic mass is 10.3. The van der Waals surface area contributed by atoms with Crippen molar-refractivity contribution in [1.82, 2.24) is 4.57 Å². The van der Waals surface area contributed by atoms with E-state index in [0.29, 0.717) is 0 Å². The number of hydrogen-bond acceptors (Lipinski definition) is 0. The molecule has 62 valence electrons. The predicted molar refractivity (Wildman–Crippen MR) is 40.5 cm³/mol. The SMILES string of the molecule is CCCC[n+]1ccn(C)c1.[I+]. The molecule has 0 aliphatic rings. The fourth-order valence-electron chi connectivity index (χ4n) is 0.975. The van der Waals surface area contributed by atoms with Crippen LogP contribution in [0, 0.1) is 0 Å². The molecule has 2 radical (unpaired) electrons. The van der Waals surface area contributed by atoms with Gasteiger partial charge in [-0.15, -0.1) is 0 Å². The van der Waals surface area contributed by atoms with Gasteiger partial charge < -0.3 is 0 Å². The van der Waals surface area contributed by atoms with E-state index in [1.807, 2.05) is 7.05 Å². The summed E-state index contributed by atoms with van der Waals surface area (Å²) in [5, 5.41) is 0. The molecule has 0 fully saturated rings. The van der Waals surface area contributed by atoms with Crippen molar-refractivity contribution in [3.05, 3.63) is 18.7 Å². The molecule has 11 heavy (non-hydrogen) atoms. The van der Waals surface area contributed by atoms with E-state index in [2.05, 4.69) is 34.8 Å². The van der Waals surface area contributed by atoms with Gasteiger partial charge in [0.25, 0.3) is 0 Å². The number of hydrogen-bond donors (Lipinski definition) is 0. The second-order valence-electron chi connectivity index (χ2n) is 2.67. The molecule has 1 heterocycles. The molecule has 0 aromatic carbocycles. The molecule has 0 N–H and O–H groups in total. The van der Waals surface area contributed by atoms with Crippen LogP contribution in [0.2, 0.25) is 0 Å². The molecule has 1 aromatic heterocycles. The van der Waals surface area contributed by atoms with Crippen LogP contribution < -0.4 is 28.5 Å². The Labute approximate surface area is 85.2 Å². The van der Waals surface area contributed by atoms with Crippen molar-refractivity contribution < 1.29 is 28.5 Å². The number of aryl methyl sites for hydroxylation is 2. The van der Waals surface area contributed by atoms with Gasteiger partial charge in [-0.25, -0.2) is 9.13 Å². The smallest absolute Gasteiger partial charge is 0.240 e. The van der Waals surface area contributed by atoms with E-state index in [9.17, 15) is 0 Å². The topological polar surface area (TPSA) is 8.81 Å². The highest BCUT2D eigenvalue weighted by Crippen LogP contribution is 1.85. The van der Waals surface area contributed by atoms with Crippen molar-refractivity contribution in [1.29, 1.82) is 0 Å². The fourth-order valence-corrected chi connectivity index (χ4v) is 0.975. The molecule has 1 aromatic rings. The van der Waals surface area contributed by atoms with Crippen LogP contribution in [0.4, 0.5) is 0 Å².